The summed E-state index contributed by atoms with van der Waals surface area (Å²) < 4.78 is 0. The molecule has 3 aliphatic heterocycles. The summed E-state index contributed by atoms with van der Waals surface area (Å²) in [5.74, 6) is -0.120. The Bertz CT molecular complexity index is 839. The van der Waals surface area contributed by atoms with Crippen molar-refractivity contribution >= 4 is 35.5 Å². The number of amides is 5. The molecule has 0 bridgehead atoms. The number of rotatable bonds is 4. The molecule has 2 saturated heterocycles. The molecule has 10 heteroatoms. The third kappa shape index (κ3) is 3.83. The van der Waals surface area contributed by atoms with Crippen LogP contribution in [0.4, 0.5) is 4.79 Å². The maximum atomic E-state index is 12.8. The average molecular weight is 403 g/mol. The van der Waals surface area contributed by atoms with Crippen molar-refractivity contribution in [2.45, 2.75) is 37.3 Å². The van der Waals surface area contributed by atoms with Gasteiger partial charge in [0.1, 0.15) is 6.04 Å². The minimum absolute atomic E-state index is 0.0590. The Labute approximate surface area is 166 Å². The molecule has 1 aromatic rings. The van der Waals surface area contributed by atoms with E-state index in [0.29, 0.717) is 25.1 Å². The van der Waals surface area contributed by atoms with Gasteiger partial charge in [-0.05, 0) is 23.6 Å². The molecule has 2 fully saturated rings. The zero-order chi connectivity index (χ0) is 19.7. The molecule has 148 valence electrons. The highest BCUT2D eigenvalue weighted by Crippen LogP contribution is 2.28. The lowest BCUT2D eigenvalue weighted by molar-refractivity contribution is -0.136. The molecule has 1 aromatic carbocycles. The first-order valence-electron chi connectivity index (χ1n) is 9.14. The van der Waals surface area contributed by atoms with Gasteiger partial charge in [-0.1, -0.05) is 12.1 Å². The van der Waals surface area contributed by atoms with Crippen LogP contribution in [0.3, 0.4) is 0 Å². The number of carbonyl (C=O) groups is 4. The van der Waals surface area contributed by atoms with E-state index < -0.39 is 11.9 Å². The van der Waals surface area contributed by atoms with Crippen molar-refractivity contribution in [3.8, 4) is 0 Å². The van der Waals surface area contributed by atoms with E-state index in [2.05, 4.69) is 21.3 Å². The van der Waals surface area contributed by atoms with Crippen molar-refractivity contribution in [1.29, 1.82) is 0 Å². The second-order valence-electron chi connectivity index (χ2n) is 6.97. The topological polar surface area (TPSA) is 120 Å². The van der Waals surface area contributed by atoms with Gasteiger partial charge in [0.25, 0.3) is 5.91 Å². The molecule has 0 radical (unpaired) electrons. The van der Waals surface area contributed by atoms with Crippen LogP contribution in [0, 0.1) is 0 Å². The Hall–Kier alpha value is -2.59. The number of thioether (sulfide) groups is 1. The quantitative estimate of drug-likeness (QED) is 0.520. The molecule has 2 unspecified atom stereocenters. The van der Waals surface area contributed by atoms with Gasteiger partial charge in [0, 0.05) is 37.5 Å². The Morgan fingerprint density at radius 2 is 2.14 bits per heavy atom. The molecule has 28 heavy (non-hydrogen) atoms. The van der Waals surface area contributed by atoms with Crippen LogP contribution in [-0.4, -0.2) is 52.5 Å². The zero-order valence-electron chi connectivity index (χ0n) is 15.1. The first-order valence-corrected chi connectivity index (χ1v) is 10.2. The Morgan fingerprint density at radius 1 is 1.29 bits per heavy atom. The van der Waals surface area contributed by atoms with E-state index in [0.717, 1.165) is 23.5 Å². The summed E-state index contributed by atoms with van der Waals surface area (Å²) in [5, 5.41) is 11.2. The van der Waals surface area contributed by atoms with E-state index in [1.807, 2.05) is 12.1 Å². The van der Waals surface area contributed by atoms with Crippen molar-refractivity contribution in [1.82, 2.24) is 26.2 Å². The lowest BCUT2D eigenvalue weighted by atomic mass is 10.0. The second kappa shape index (κ2) is 7.80. The zero-order valence-corrected chi connectivity index (χ0v) is 15.9. The number of urea groups is 1. The van der Waals surface area contributed by atoms with Gasteiger partial charge >= 0.3 is 6.03 Å². The van der Waals surface area contributed by atoms with Crippen molar-refractivity contribution in [2.24, 2.45) is 0 Å². The molecule has 0 aromatic heterocycles. The number of fused-ring (bicyclic) bond motifs is 1. The molecule has 3 heterocycles. The van der Waals surface area contributed by atoms with Crippen molar-refractivity contribution in [2.75, 3.05) is 12.4 Å². The number of benzene rings is 1. The van der Waals surface area contributed by atoms with Gasteiger partial charge in [-0.25, -0.2) is 4.79 Å². The molecule has 0 saturated carbocycles. The largest absolute Gasteiger partial charge is 0.334 e. The Kier molecular flexibility index (Phi) is 5.23. The number of piperidine rings is 1. The van der Waals surface area contributed by atoms with Gasteiger partial charge < -0.3 is 20.9 Å². The monoisotopic (exact) mass is 403 g/mol. The summed E-state index contributed by atoms with van der Waals surface area (Å²) in [6.45, 7) is 1.39. The molecule has 0 aliphatic carbocycles. The molecular weight excluding hydrogens is 382 g/mol. The SMILES string of the molecule is O=C1CCC(N2Cc3ccc(CNC(=O)NC4CNCS4)cc3C2=O)C(=O)N1. The number of nitrogens with one attached hydrogen (secondary N) is 4. The number of hydrogen-bond donors (Lipinski definition) is 4. The predicted molar refractivity (Wildman–Crippen MR) is 102 cm³/mol. The normalized spacial score (nSPS) is 24.1. The molecule has 0 spiro atoms. The summed E-state index contributed by atoms with van der Waals surface area (Å²) >= 11 is 1.64. The first-order chi connectivity index (χ1) is 13.5. The summed E-state index contributed by atoms with van der Waals surface area (Å²) in [6.07, 6.45) is 0.572. The van der Waals surface area contributed by atoms with Gasteiger partial charge in [0.15, 0.2) is 0 Å². The average Bonchev–Trinajstić information content (AvgIpc) is 3.28. The molecule has 4 rings (SSSR count). The number of carbonyl (C=O) groups excluding carboxylic acids is 4. The van der Waals surface area contributed by atoms with Crippen molar-refractivity contribution < 1.29 is 19.2 Å². The molecule has 3 aliphatic rings. The lowest BCUT2D eigenvalue weighted by Gasteiger charge is -2.29. The fourth-order valence-corrected chi connectivity index (χ4v) is 4.46. The number of hydrogen-bond acceptors (Lipinski definition) is 6. The highest BCUT2D eigenvalue weighted by Gasteiger charge is 2.39. The fourth-order valence-electron chi connectivity index (χ4n) is 3.59. The maximum Gasteiger partial charge on any atom is 0.315 e. The van der Waals surface area contributed by atoms with Gasteiger partial charge in [0.2, 0.25) is 11.8 Å². The summed E-state index contributed by atoms with van der Waals surface area (Å²) in [6, 6.07) is 4.60. The molecule has 2 atom stereocenters. The van der Waals surface area contributed by atoms with Crippen LogP contribution in [0.15, 0.2) is 18.2 Å². The summed E-state index contributed by atoms with van der Waals surface area (Å²) in [5.41, 5.74) is 2.20. The summed E-state index contributed by atoms with van der Waals surface area (Å²) in [7, 11) is 0. The number of imide groups is 1. The van der Waals surface area contributed by atoms with Crippen LogP contribution in [0.5, 0.6) is 0 Å². The van der Waals surface area contributed by atoms with Crippen LogP contribution in [0.1, 0.15) is 34.3 Å². The standard InChI is InChI=1S/C18H21N5O4S/c24-14-4-3-13(16(25)21-14)23-8-11-2-1-10(5-12(11)17(23)26)6-20-18(27)22-15-7-19-9-28-15/h1-2,5,13,15,19H,3-4,6-9H2,(H2,20,22,27)(H,21,24,25). The van der Waals surface area contributed by atoms with E-state index in [9.17, 15) is 19.2 Å². The first kappa shape index (κ1) is 18.8. The highest BCUT2D eigenvalue weighted by molar-refractivity contribution is 8.00. The minimum atomic E-state index is -0.623. The molecule has 9 nitrogen and oxygen atoms in total. The Morgan fingerprint density at radius 3 is 2.89 bits per heavy atom. The van der Waals surface area contributed by atoms with Gasteiger partial charge in [-0.15, -0.1) is 11.8 Å². The summed E-state index contributed by atoms with van der Waals surface area (Å²) in [4.78, 5) is 49.7. The van der Waals surface area contributed by atoms with Crippen LogP contribution >= 0.6 is 11.8 Å². The van der Waals surface area contributed by atoms with E-state index in [-0.39, 0.29) is 29.6 Å². The van der Waals surface area contributed by atoms with E-state index in [4.69, 9.17) is 0 Å². The molecule has 4 N–H and O–H groups in total. The van der Waals surface area contributed by atoms with Crippen LogP contribution in [0.25, 0.3) is 0 Å². The Balaban J connectivity index is 1.38. The maximum absolute atomic E-state index is 12.8. The van der Waals surface area contributed by atoms with E-state index in [1.54, 1.807) is 17.8 Å². The molecular formula is C18H21N5O4S. The molecule has 5 amide bonds. The highest BCUT2D eigenvalue weighted by atomic mass is 32.2. The van der Waals surface area contributed by atoms with Crippen LogP contribution in [-0.2, 0) is 22.7 Å². The minimum Gasteiger partial charge on any atom is -0.334 e. The van der Waals surface area contributed by atoms with E-state index >= 15 is 0 Å². The van der Waals surface area contributed by atoms with Crippen LogP contribution < -0.4 is 21.3 Å². The third-order valence-corrected chi connectivity index (χ3v) is 6.11. The van der Waals surface area contributed by atoms with Crippen molar-refractivity contribution in [3.63, 3.8) is 0 Å². The van der Waals surface area contributed by atoms with Gasteiger partial charge in [0.05, 0.1) is 5.37 Å². The lowest BCUT2D eigenvalue weighted by Crippen LogP contribution is -2.52. The van der Waals surface area contributed by atoms with E-state index in [1.165, 1.54) is 4.90 Å². The van der Waals surface area contributed by atoms with Crippen molar-refractivity contribution in [3.05, 3.63) is 34.9 Å². The number of nitrogens with zero attached hydrogens (tertiary/aromatic N) is 1. The van der Waals surface area contributed by atoms with Gasteiger partial charge in [-0.3, -0.25) is 19.7 Å². The van der Waals surface area contributed by atoms with Crippen LogP contribution in [0.2, 0.25) is 0 Å². The fraction of sp³-hybridized carbons (Fsp3) is 0.444. The smallest absolute Gasteiger partial charge is 0.315 e. The third-order valence-electron chi connectivity index (χ3n) is 5.05. The predicted octanol–water partition coefficient (Wildman–Crippen LogP) is -0.133. The second-order valence-corrected chi connectivity index (χ2v) is 8.16. The van der Waals surface area contributed by atoms with Gasteiger partial charge in [-0.2, -0.15) is 0 Å².